The molecule has 2 unspecified atom stereocenters. The number of carbonyl (C=O) groups excluding carboxylic acids is 4. The van der Waals surface area contributed by atoms with Crippen LogP contribution in [0.2, 0.25) is 0 Å². The summed E-state index contributed by atoms with van der Waals surface area (Å²) >= 11 is 1.36. The Morgan fingerprint density at radius 3 is 1.71 bits per heavy atom. The second-order valence-electron chi connectivity index (χ2n) is 13.9. The van der Waals surface area contributed by atoms with Gasteiger partial charge in [-0.1, -0.05) is 124 Å². The Labute approximate surface area is 332 Å². The Morgan fingerprint density at radius 1 is 0.643 bits per heavy atom. The molecule has 0 amide bonds. The van der Waals surface area contributed by atoms with Gasteiger partial charge in [-0.2, -0.15) is 0 Å². The normalized spacial score (nSPS) is 21.6. The van der Waals surface area contributed by atoms with Crippen LogP contribution in [0.25, 0.3) is 0 Å². The summed E-state index contributed by atoms with van der Waals surface area (Å²) < 4.78 is 37.6. The molecule has 1 aliphatic heterocycles. The standard InChI is InChI=1S/C45H48O10S/c1-2-56-45-40(55-43(48)35-26-16-7-17-27-35)39(52-36(28-31-18-8-3-9-19-31)44(49)50-29-32-20-10-4-11-21-32)38(54-42(47)34-24-14-6-15-25-34)37(53-45)30-51-41(46)33-22-12-5-13-23-33/h4-7,10-17,20-27,31,36-40,45H,2-3,8-9,18-19,28-30H2,1H3/t36-,37-,38-,39?,40?,45-/m0/s1. The fourth-order valence-corrected chi connectivity index (χ4v) is 7.97. The van der Waals surface area contributed by atoms with Gasteiger partial charge in [-0.3, -0.25) is 0 Å². The minimum Gasteiger partial charge on any atom is -0.459 e. The van der Waals surface area contributed by atoms with Crippen molar-refractivity contribution in [1.82, 2.24) is 0 Å². The zero-order valence-electron chi connectivity index (χ0n) is 31.4. The lowest BCUT2D eigenvalue weighted by molar-refractivity contribution is -0.235. The van der Waals surface area contributed by atoms with Gasteiger partial charge in [0.2, 0.25) is 0 Å². The van der Waals surface area contributed by atoms with Crippen LogP contribution in [0.15, 0.2) is 121 Å². The van der Waals surface area contributed by atoms with Crippen LogP contribution in [-0.2, 0) is 39.8 Å². The first-order valence-electron chi connectivity index (χ1n) is 19.3. The van der Waals surface area contributed by atoms with E-state index in [9.17, 15) is 19.2 Å². The Morgan fingerprint density at radius 2 is 1.16 bits per heavy atom. The van der Waals surface area contributed by atoms with E-state index in [1.807, 2.05) is 37.3 Å². The van der Waals surface area contributed by atoms with Crippen LogP contribution in [-0.4, -0.2) is 72.2 Å². The highest BCUT2D eigenvalue weighted by Gasteiger charge is 2.53. The number of ether oxygens (including phenoxy) is 6. The van der Waals surface area contributed by atoms with Gasteiger partial charge in [-0.15, -0.1) is 11.8 Å². The number of rotatable bonds is 16. The molecule has 1 saturated carbocycles. The van der Waals surface area contributed by atoms with Crippen molar-refractivity contribution in [3.8, 4) is 0 Å². The predicted octanol–water partition coefficient (Wildman–Crippen LogP) is 8.24. The van der Waals surface area contributed by atoms with Gasteiger partial charge in [0.1, 0.15) is 30.9 Å². The van der Waals surface area contributed by atoms with Crippen molar-refractivity contribution in [2.24, 2.45) is 5.92 Å². The summed E-state index contributed by atoms with van der Waals surface area (Å²) in [5.41, 5.74) is 0.837. The van der Waals surface area contributed by atoms with Gasteiger partial charge in [-0.05, 0) is 60.1 Å². The highest BCUT2D eigenvalue weighted by atomic mass is 32.2. The number of thioether (sulfide) groups is 1. The zero-order valence-corrected chi connectivity index (χ0v) is 32.3. The van der Waals surface area contributed by atoms with Crippen LogP contribution >= 0.6 is 11.8 Å². The highest BCUT2D eigenvalue weighted by molar-refractivity contribution is 7.99. The molecule has 4 aromatic rings. The molecule has 0 radical (unpaired) electrons. The van der Waals surface area contributed by atoms with Gasteiger partial charge in [0, 0.05) is 0 Å². The summed E-state index contributed by atoms with van der Waals surface area (Å²) in [5, 5.41) is 0. The third-order valence-electron chi connectivity index (χ3n) is 9.90. The lowest BCUT2D eigenvalue weighted by Gasteiger charge is -2.45. The molecular weight excluding hydrogens is 733 g/mol. The lowest BCUT2D eigenvalue weighted by atomic mass is 9.85. The second-order valence-corrected chi connectivity index (χ2v) is 15.2. The molecule has 1 aliphatic carbocycles. The number of hydrogen-bond donors (Lipinski definition) is 0. The molecule has 56 heavy (non-hydrogen) atoms. The Balaban J connectivity index is 1.38. The number of esters is 4. The molecule has 1 saturated heterocycles. The fourth-order valence-electron chi connectivity index (χ4n) is 7.02. The summed E-state index contributed by atoms with van der Waals surface area (Å²) in [6.45, 7) is 1.63. The third kappa shape index (κ3) is 11.3. The summed E-state index contributed by atoms with van der Waals surface area (Å²) in [7, 11) is 0. The second kappa shape index (κ2) is 20.8. The maximum Gasteiger partial charge on any atom is 0.338 e. The van der Waals surface area contributed by atoms with Gasteiger partial charge < -0.3 is 28.4 Å². The van der Waals surface area contributed by atoms with Gasteiger partial charge in [0.15, 0.2) is 18.3 Å². The van der Waals surface area contributed by atoms with E-state index in [0.717, 1.165) is 37.7 Å². The maximum absolute atomic E-state index is 14.2. The smallest absolute Gasteiger partial charge is 0.338 e. The largest absolute Gasteiger partial charge is 0.459 e. The molecule has 6 rings (SSSR count). The van der Waals surface area contributed by atoms with Crippen LogP contribution in [0.1, 0.15) is 82.1 Å². The molecule has 0 N–H and O–H groups in total. The Kier molecular flexibility index (Phi) is 15.1. The topological polar surface area (TPSA) is 124 Å². The number of hydrogen-bond acceptors (Lipinski definition) is 11. The zero-order chi connectivity index (χ0) is 39.1. The van der Waals surface area contributed by atoms with Crippen LogP contribution in [0, 0.1) is 5.92 Å². The first kappa shape index (κ1) is 40.7. The average Bonchev–Trinajstić information content (AvgIpc) is 3.25. The molecule has 0 aromatic heterocycles. The minimum atomic E-state index is -1.30. The highest BCUT2D eigenvalue weighted by Crippen LogP contribution is 2.37. The Hall–Kier alpha value is -4.97. The fraction of sp³-hybridized carbons (Fsp3) is 0.378. The van der Waals surface area contributed by atoms with Crippen molar-refractivity contribution in [2.75, 3.05) is 12.4 Å². The van der Waals surface area contributed by atoms with Crippen molar-refractivity contribution in [3.63, 3.8) is 0 Å². The van der Waals surface area contributed by atoms with E-state index < -0.39 is 59.8 Å². The van der Waals surface area contributed by atoms with Crippen LogP contribution < -0.4 is 0 Å². The predicted molar refractivity (Wildman–Crippen MR) is 211 cm³/mol. The SMILES string of the molecule is CCS[C@@H]1O[C@@H](COC(=O)c2ccccc2)[C@H](OC(=O)c2ccccc2)C(O[C@@H](CC2CCCCC2)C(=O)OCc2ccccc2)C1OC(=O)c1ccccc1. The van der Waals surface area contributed by atoms with Crippen LogP contribution in [0.5, 0.6) is 0 Å². The van der Waals surface area contributed by atoms with Crippen LogP contribution in [0.4, 0.5) is 0 Å². The van der Waals surface area contributed by atoms with Crippen molar-refractivity contribution in [3.05, 3.63) is 144 Å². The van der Waals surface area contributed by atoms with Gasteiger partial charge >= 0.3 is 23.9 Å². The van der Waals surface area contributed by atoms with E-state index in [1.54, 1.807) is 91.0 Å². The van der Waals surface area contributed by atoms with E-state index in [0.29, 0.717) is 23.3 Å². The summed E-state index contributed by atoms with van der Waals surface area (Å²) in [5.74, 6) is -1.80. The monoisotopic (exact) mass is 780 g/mol. The van der Waals surface area contributed by atoms with Gasteiger partial charge in [-0.25, -0.2) is 19.2 Å². The molecule has 0 bridgehead atoms. The lowest BCUT2D eigenvalue weighted by Crippen LogP contribution is -2.62. The molecule has 2 aliphatic rings. The van der Waals surface area contributed by atoms with Crippen LogP contribution in [0.3, 0.4) is 0 Å². The van der Waals surface area contributed by atoms with Crippen molar-refractivity contribution in [2.45, 2.75) is 88.0 Å². The maximum atomic E-state index is 14.2. The van der Waals surface area contributed by atoms with Crippen molar-refractivity contribution < 1.29 is 47.6 Å². The molecule has 10 nitrogen and oxygen atoms in total. The molecule has 4 aromatic carbocycles. The molecule has 11 heteroatoms. The molecule has 6 atom stereocenters. The first-order valence-corrected chi connectivity index (χ1v) is 20.3. The van der Waals surface area contributed by atoms with E-state index in [-0.39, 0.29) is 24.7 Å². The third-order valence-corrected chi connectivity index (χ3v) is 10.9. The minimum absolute atomic E-state index is 0.0309. The average molecular weight is 781 g/mol. The summed E-state index contributed by atoms with van der Waals surface area (Å²) in [6, 6.07) is 34.8. The molecule has 294 valence electrons. The van der Waals surface area contributed by atoms with E-state index >= 15 is 0 Å². The van der Waals surface area contributed by atoms with Gasteiger partial charge in [0.05, 0.1) is 16.7 Å². The van der Waals surface area contributed by atoms with Gasteiger partial charge in [0.25, 0.3) is 0 Å². The molecule has 1 heterocycles. The first-order chi connectivity index (χ1) is 27.4. The molecule has 2 fully saturated rings. The molecule has 0 spiro atoms. The number of carbonyl (C=O) groups is 4. The van der Waals surface area contributed by atoms with Crippen molar-refractivity contribution >= 4 is 35.6 Å². The molecular formula is C45H48O10S. The van der Waals surface area contributed by atoms with E-state index in [4.69, 9.17) is 28.4 Å². The van der Waals surface area contributed by atoms with E-state index in [1.165, 1.54) is 11.8 Å². The van der Waals surface area contributed by atoms with E-state index in [2.05, 4.69) is 0 Å². The summed E-state index contributed by atoms with van der Waals surface area (Å²) in [4.78, 5) is 55.0. The van der Waals surface area contributed by atoms with Crippen molar-refractivity contribution in [1.29, 1.82) is 0 Å². The Bertz CT molecular complexity index is 1840. The number of benzene rings is 4. The quantitative estimate of drug-likeness (QED) is 0.0807. The summed E-state index contributed by atoms with van der Waals surface area (Å²) in [6.07, 6.45) is -0.521.